The molecular weight excluding hydrogens is 1260 g/mol. The van der Waals surface area contributed by atoms with Crippen molar-refractivity contribution in [2.45, 2.75) is 126 Å². The predicted octanol–water partition coefficient (Wildman–Crippen LogP) is -6.80. The number of carbonyl (C=O) groups excluding carboxylic acids is 4. The van der Waals surface area contributed by atoms with Crippen LogP contribution in [0.2, 0.25) is 0 Å². The third-order valence-corrected chi connectivity index (χ3v) is 15.0. The summed E-state index contributed by atoms with van der Waals surface area (Å²) in [7, 11) is 0. The van der Waals surface area contributed by atoms with E-state index in [0.29, 0.717) is 0 Å². The van der Waals surface area contributed by atoms with E-state index in [1.165, 1.54) is 0 Å². The summed E-state index contributed by atoms with van der Waals surface area (Å²) in [6, 6.07) is 0. The lowest BCUT2D eigenvalue weighted by molar-refractivity contribution is -0.284. The first-order valence-corrected chi connectivity index (χ1v) is 32.2. The second kappa shape index (κ2) is 51.9. The van der Waals surface area contributed by atoms with Crippen LogP contribution in [0.25, 0.3) is 0 Å². The van der Waals surface area contributed by atoms with Crippen molar-refractivity contribution in [2.24, 2.45) is 17.8 Å². The highest BCUT2D eigenvalue weighted by Crippen LogP contribution is 2.29. The summed E-state index contributed by atoms with van der Waals surface area (Å²) in [4.78, 5) is 52.1. The van der Waals surface area contributed by atoms with Crippen LogP contribution in [0.4, 0.5) is 0 Å². The van der Waals surface area contributed by atoms with Crippen molar-refractivity contribution in [3.8, 4) is 0 Å². The van der Waals surface area contributed by atoms with E-state index in [1.807, 2.05) is 0 Å². The molecule has 3 fully saturated rings. The Morgan fingerprint density at radius 2 is 0.585 bits per heavy atom. The molecule has 15 unspecified atom stereocenters. The molecule has 35 heteroatoms. The third-order valence-electron chi connectivity index (χ3n) is 15.0. The Labute approximate surface area is 549 Å². The molecule has 552 valence electrons. The van der Waals surface area contributed by atoms with Gasteiger partial charge in [0.15, 0.2) is 18.9 Å². The minimum Gasteiger partial charge on any atom is -0.394 e. The van der Waals surface area contributed by atoms with Crippen LogP contribution < -0.4 is 21.3 Å². The summed E-state index contributed by atoms with van der Waals surface area (Å²) in [5, 5.41) is 109. The van der Waals surface area contributed by atoms with Crippen molar-refractivity contribution in [1.82, 2.24) is 21.3 Å². The molecule has 0 radical (unpaired) electrons. The van der Waals surface area contributed by atoms with E-state index in [9.17, 15) is 65.1 Å². The average Bonchev–Trinajstić information content (AvgIpc) is 0.850. The Morgan fingerprint density at radius 3 is 0.883 bits per heavy atom. The van der Waals surface area contributed by atoms with Crippen molar-refractivity contribution >= 4 is 23.6 Å². The van der Waals surface area contributed by atoms with Crippen molar-refractivity contribution in [3.63, 3.8) is 0 Å². The number of hydrogen-bond donors (Lipinski definition) is 14. The second-order valence-corrected chi connectivity index (χ2v) is 22.5. The van der Waals surface area contributed by atoms with Gasteiger partial charge in [0.05, 0.1) is 210 Å². The van der Waals surface area contributed by atoms with Gasteiger partial charge in [0.1, 0.15) is 42.2 Å². The third kappa shape index (κ3) is 35.0. The number of nitrogens with one attached hydrogen (secondary N) is 4. The molecule has 3 aliphatic heterocycles. The maximum absolute atomic E-state index is 13.6. The zero-order valence-corrected chi connectivity index (χ0v) is 54.7. The predicted molar refractivity (Wildman–Crippen MR) is 323 cm³/mol. The van der Waals surface area contributed by atoms with E-state index in [-0.39, 0.29) is 235 Å². The number of amides is 4. The van der Waals surface area contributed by atoms with Crippen LogP contribution >= 0.6 is 0 Å². The van der Waals surface area contributed by atoms with Gasteiger partial charge in [-0.3, -0.25) is 19.2 Å². The maximum Gasteiger partial charge on any atom is 0.222 e. The molecule has 0 aromatic heterocycles. The molecule has 3 rings (SSSR count). The fourth-order valence-electron chi connectivity index (χ4n) is 9.36. The topological polar surface area (TPSA) is 476 Å². The first-order chi connectivity index (χ1) is 45.4. The highest BCUT2D eigenvalue weighted by atomic mass is 16.7. The highest BCUT2D eigenvalue weighted by Gasteiger charge is 2.45. The summed E-state index contributed by atoms with van der Waals surface area (Å²) < 4.78 is 95.5. The fourth-order valence-corrected chi connectivity index (χ4v) is 9.36. The quantitative estimate of drug-likeness (QED) is 0.0252. The standard InChI is InChI=1S/C59H110N4O31/c1-40-50(72)53(75)43(34-65)92-56(40)89-31-28-83-25-21-79-16-8-60-46(68)4-13-86-37-59(63-49(71)7-12-78-20-24-82-19-11-64,38-87-14-5-47(69)61-9-17-80-22-26-84-29-32-90-57-41(2)51(73)54(76)44(35-66)93-57)39-88-15-6-48(70)62-10-18-81-23-27-85-30-33-91-58-42(3)52(74)55(77)45(36-67)94-58/h40-45,50-58,64-67,72-77H,4-39H2,1-3H3,(H,60,68)(H,61,69)(H,62,70)(H,63,71). The van der Waals surface area contributed by atoms with E-state index in [4.69, 9.17) is 85.6 Å². The Hall–Kier alpha value is -3.20. The largest absolute Gasteiger partial charge is 0.394 e. The SMILES string of the molecule is CC1C(OCCOCCOCCNC(=O)CCOCC(COCCC(=O)NCCOCCOCCOC2OC(CO)C(O)C(O)C2C)(COCCC(=O)NCCOCCOCCOC2OC(CO)C(O)C(O)C2C)NC(=O)CCOCCOCCO)OC(CO)C(O)C1O. The molecule has 0 bridgehead atoms. The van der Waals surface area contributed by atoms with Crippen molar-refractivity contribution in [1.29, 1.82) is 0 Å². The number of ether oxygens (including phenoxy) is 17. The van der Waals surface area contributed by atoms with Crippen molar-refractivity contribution in [2.75, 3.05) is 211 Å². The van der Waals surface area contributed by atoms with Crippen LogP contribution in [-0.2, 0) is 99.7 Å². The smallest absolute Gasteiger partial charge is 0.222 e. The number of carbonyl (C=O) groups is 4. The zero-order valence-electron chi connectivity index (χ0n) is 54.7. The summed E-state index contributed by atoms with van der Waals surface area (Å²) in [5.74, 6) is -3.16. The van der Waals surface area contributed by atoms with Crippen LogP contribution in [0.15, 0.2) is 0 Å². The number of hydrogen-bond acceptors (Lipinski definition) is 31. The molecule has 0 aromatic rings. The van der Waals surface area contributed by atoms with Crippen LogP contribution in [0, 0.1) is 17.8 Å². The van der Waals surface area contributed by atoms with Gasteiger partial charge in [0.2, 0.25) is 23.6 Å². The molecule has 0 aliphatic carbocycles. The van der Waals surface area contributed by atoms with Gasteiger partial charge >= 0.3 is 0 Å². The van der Waals surface area contributed by atoms with Gasteiger partial charge in [-0.1, -0.05) is 20.8 Å². The normalized spacial score (nSPS) is 27.0. The lowest BCUT2D eigenvalue weighted by atomic mass is 9.92. The van der Waals surface area contributed by atoms with Gasteiger partial charge in [0.25, 0.3) is 0 Å². The molecule has 94 heavy (non-hydrogen) atoms. The molecule has 35 nitrogen and oxygen atoms in total. The molecule has 15 atom stereocenters. The number of aliphatic hydroxyl groups excluding tert-OH is 10. The summed E-state index contributed by atoms with van der Waals surface area (Å²) in [5.41, 5.74) is -1.41. The van der Waals surface area contributed by atoms with Gasteiger partial charge in [-0.05, 0) is 0 Å². The summed E-state index contributed by atoms with van der Waals surface area (Å²) in [6.45, 7) is 6.10. The first-order valence-electron chi connectivity index (χ1n) is 32.2. The van der Waals surface area contributed by atoms with E-state index < -0.39 is 123 Å². The Kier molecular flexibility index (Phi) is 46.9. The summed E-state index contributed by atoms with van der Waals surface area (Å²) in [6.07, 6.45) is -12.8. The van der Waals surface area contributed by atoms with Crippen molar-refractivity contribution < 1.29 is 151 Å². The summed E-state index contributed by atoms with van der Waals surface area (Å²) >= 11 is 0. The van der Waals surface area contributed by atoms with Crippen LogP contribution in [0.5, 0.6) is 0 Å². The van der Waals surface area contributed by atoms with Gasteiger partial charge in [-0.2, -0.15) is 0 Å². The Balaban J connectivity index is 1.45. The van der Waals surface area contributed by atoms with E-state index >= 15 is 0 Å². The highest BCUT2D eigenvalue weighted by molar-refractivity contribution is 5.77. The van der Waals surface area contributed by atoms with E-state index in [1.54, 1.807) is 20.8 Å². The first kappa shape index (κ1) is 85.0. The number of rotatable bonds is 57. The fraction of sp³-hybridized carbons (Fsp3) is 0.932. The van der Waals surface area contributed by atoms with E-state index in [0.717, 1.165) is 0 Å². The maximum atomic E-state index is 13.6. The average molecular weight is 1370 g/mol. The van der Waals surface area contributed by atoms with Gasteiger partial charge < -0.3 is 153 Å². The minimum atomic E-state index is -1.41. The molecule has 0 aromatic carbocycles. The van der Waals surface area contributed by atoms with Crippen molar-refractivity contribution in [3.05, 3.63) is 0 Å². The van der Waals surface area contributed by atoms with Gasteiger partial charge in [-0.25, -0.2) is 0 Å². The van der Waals surface area contributed by atoms with E-state index in [2.05, 4.69) is 21.3 Å². The lowest BCUT2D eigenvalue weighted by Gasteiger charge is -2.40. The zero-order chi connectivity index (χ0) is 68.8. The molecule has 3 aliphatic rings. The second-order valence-electron chi connectivity index (χ2n) is 22.5. The molecule has 3 heterocycles. The van der Waals surface area contributed by atoms with Gasteiger partial charge in [-0.15, -0.1) is 0 Å². The molecular formula is C59H110N4O31. The minimum absolute atomic E-state index is 0.00300. The van der Waals surface area contributed by atoms with Crippen LogP contribution in [-0.4, -0.2) is 365 Å². The lowest BCUT2D eigenvalue weighted by Crippen LogP contribution is -2.59. The molecule has 4 amide bonds. The Morgan fingerprint density at radius 1 is 0.330 bits per heavy atom. The number of aliphatic hydroxyl groups is 10. The Bertz CT molecular complexity index is 1760. The van der Waals surface area contributed by atoms with Crippen LogP contribution in [0.3, 0.4) is 0 Å². The van der Waals surface area contributed by atoms with Gasteiger partial charge in [0, 0.05) is 63.1 Å². The molecule has 14 N–H and O–H groups in total. The molecule has 0 saturated carbocycles. The molecule has 3 saturated heterocycles. The van der Waals surface area contributed by atoms with Crippen LogP contribution in [0.1, 0.15) is 46.5 Å². The molecule has 0 spiro atoms. The monoisotopic (exact) mass is 1370 g/mol.